The van der Waals surface area contributed by atoms with Gasteiger partial charge in [-0.3, -0.25) is 0 Å². The molecule has 0 saturated carbocycles. The second-order valence-corrected chi connectivity index (χ2v) is 6.40. The van der Waals surface area contributed by atoms with Gasteiger partial charge in [0.05, 0.1) is 13.2 Å². The highest BCUT2D eigenvalue weighted by molar-refractivity contribution is 7.64. The van der Waals surface area contributed by atoms with E-state index in [1.807, 2.05) is 0 Å². The average Bonchev–Trinajstić information content (AvgIpc) is 2.71. The number of ether oxygens (including phenoxy) is 1. The van der Waals surface area contributed by atoms with Crippen molar-refractivity contribution >= 4 is 13.9 Å². The summed E-state index contributed by atoms with van der Waals surface area (Å²) in [7, 11) is -3.17. The summed E-state index contributed by atoms with van der Waals surface area (Å²) in [5.74, 6) is -0.409. The van der Waals surface area contributed by atoms with Crippen molar-refractivity contribution in [2.75, 3.05) is 19.8 Å². The summed E-state index contributed by atoms with van der Waals surface area (Å²) in [5.41, 5.74) is 0.767. The third-order valence-electron chi connectivity index (χ3n) is 2.86. The fourth-order valence-electron chi connectivity index (χ4n) is 1.92. The molecule has 0 radical (unpaired) electrons. The van der Waals surface area contributed by atoms with Gasteiger partial charge < -0.3 is 9.63 Å². The second-order valence-electron chi connectivity index (χ2n) is 4.35. The summed E-state index contributed by atoms with van der Waals surface area (Å²) in [6, 6.07) is 0. The molecule has 1 atom stereocenters. The van der Waals surface area contributed by atoms with E-state index in [-0.39, 0.29) is 6.61 Å². The van der Waals surface area contributed by atoms with Crippen molar-refractivity contribution in [3.8, 4) is 0 Å². The van der Waals surface area contributed by atoms with E-state index < -0.39 is 13.9 Å². The Bertz CT molecular complexity index is 391. The molecule has 0 aliphatic carbocycles. The smallest absolute Gasteiger partial charge is 0.330 e. The molecule has 1 unspecified atom stereocenters. The van der Waals surface area contributed by atoms with Crippen LogP contribution in [-0.2, 0) is 18.6 Å². The summed E-state index contributed by atoms with van der Waals surface area (Å²) in [5, 5.41) is 0.696. The number of allylic oxidation sites excluding steroid dienone is 1. The zero-order valence-electron chi connectivity index (χ0n) is 12.4. The molecule has 0 aromatic heterocycles. The zero-order chi connectivity index (χ0) is 15.0. The van der Waals surface area contributed by atoms with E-state index in [0.29, 0.717) is 24.9 Å². The van der Waals surface area contributed by atoms with Crippen LogP contribution in [0.3, 0.4) is 0 Å². The fourth-order valence-corrected chi connectivity index (χ4v) is 3.88. The van der Waals surface area contributed by atoms with Gasteiger partial charge in [-0.2, -0.15) is 0 Å². The number of esters is 1. The predicted molar refractivity (Wildman–Crippen MR) is 76.8 cm³/mol. The third-order valence-corrected chi connectivity index (χ3v) is 5.10. The third kappa shape index (κ3) is 4.67. The summed E-state index contributed by atoms with van der Waals surface area (Å²) in [6.45, 7) is 6.48. The van der Waals surface area contributed by atoms with E-state index in [4.69, 9.17) is 13.8 Å². The van der Waals surface area contributed by atoms with Gasteiger partial charge in [-0.15, -0.1) is 0 Å². The maximum absolute atomic E-state index is 12.6. The molecule has 1 aliphatic rings. The van der Waals surface area contributed by atoms with Gasteiger partial charge in [-0.1, -0.05) is 13.3 Å². The Hall–Kier alpha value is -0.740. The van der Waals surface area contributed by atoms with Gasteiger partial charge in [0, 0.05) is 18.1 Å². The highest BCUT2D eigenvalue weighted by Gasteiger charge is 2.43. The molecular weight excluding hydrogens is 279 g/mol. The minimum atomic E-state index is -3.17. The first-order chi connectivity index (χ1) is 9.57. The van der Waals surface area contributed by atoms with E-state index in [2.05, 4.69) is 6.92 Å². The fraction of sp³-hybridized carbons (Fsp3) is 0.643. The van der Waals surface area contributed by atoms with Crippen molar-refractivity contribution < 1.29 is 23.5 Å². The van der Waals surface area contributed by atoms with Crippen LogP contribution in [0.2, 0.25) is 0 Å². The lowest BCUT2D eigenvalue weighted by atomic mass is 10.1. The van der Waals surface area contributed by atoms with Gasteiger partial charge in [0.15, 0.2) is 0 Å². The normalized spacial score (nSPS) is 22.8. The number of hydrogen-bond donors (Lipinski definition) is 0. The molecule has 114 valence electrons. The minimum Gasteiger partial charge on any atom is -0.627 e. The maximum atomic E-state index is 12.6. The zero-order valence-corrected chi connectivity index (χ0v) is 13.3. The van der Waals surface area contributed by atoms with Crippen LogP contribution in [0, 0.1) is 0 Å². The van der Waals surface area contributed by atoms with Crippen molar-refractivity contribution in [3.05, 3.63) is 23.0 Å². The number of unbranched alkanes of at least 4 members (excludes halogenated alkanes) is 1. The van der Waals surface area contributed by atoms with Crippen LogP contribution in [0.25, 0.3) is 0 Å². The summed E-state index contributed by atoms with van der Waals surface area (Å²) < 4.78 is 15.5. The Morgan fingerprint density at radius 3 is 2.75 bits per heavy atom. The largest absolute Gasteiger partial charge is 0.627 e. The molecule has 5 nitrogen and oxygen atoms in total. The standard InChI is InChI=1S/C14H23O5P/c1-4-7-8-13-12(9-10-14(15)17-5-2)11-19-20(13,16)18-6-3/h9-10H,4-8,11H2,1-3H3/b10-9+. The lowest BCUT2D eigenvalue weighted by molar-refractivity contribution is -0.213. The molecule has 0 aromatic carbocycles. The van der Waals surface area contributed by atoms with Crippen LogP contribution in [0.15, 0.2) is 23.0 Å². The van der Waals surface area contributed by atoms with Crippen molar-refractivity contribution in [3.63, 3.8) is 0 Å². The second kappa shape index (κ2) is 8.53. The van der Waals surface area contributed by atoms with Gasteiger partial charge in [0.25, 0.3) is 7.94 Å². The van der Waals surface area contributed by atoms with Gasteiger partial charge in [-0.25, -0.2) is 13.8 Å². The Morgan fingerprint density at radius 2 is 2.15 bits per heavy atom. The highest BCUT2D eigenvalue weighted by atomic mass is 31.2. The molecule has 6 heteroatoms. The topological polar surface area (TPSA) is 67.8 Å². The lowest BCUT2D eigenvalue weighted by Crippen LogP contribution is -2.14. The maximum Gasteiger partial charge on any atom is 0.330 e. The summed E-state index contributed by atoms with van der Waals surface area (Å²) >= 11 is 0. The van der Waals surface area contributed by atoms with Crippen LogP contribution >= 0.6 is 7.94 Å². The molecule has 0 N–H and O–H groups in total. The van der Waals surface area contributed by atoms with Crippen molar-refractivity contribution in [1.29, 1.82) is 0 Å². The van der Waals surface area contributed by atoms with Crippen molar-refractivity contribution in [1.82, 2.24) is 0 Å². The molecule has 0 saturated heterocycles. The molecule has 1 heterocycles. The molecule has 0 spiro atoms. The molecule has 1 aliphatic heterocycles. The summed E-state index contributed by atoms with van der Waals surface area (Å²) in [4.78, 5) is 23.9. The van der Waals surface area contributed by atoms with Crippen LogP contribution in [0.1, 0.15) is 40.0 Å². The van der Waals surface area contributed by atoms with E-state index in [1.165, 1.54) is 6.08 Å². The molecule has 0 bridgehead atoms. The Morgan fingerprint density at radius 1 is 1.40 bits per heavy atom. The van der Waals surface area contributed by atoms with E-state index >= 15 is 0 Å². The number of carbonyl (C=O) groups excluding carboxylic acids is 1. The SMILES string of the molecule is CCCCC1=C(/C=C/C(=O)OCC)CO[P+]1([O-])OCC. The van der Waals surface area contributed by atoms with E-state index in [1.54, 1.807) is 19.9 Å². The van der Waals surface area contributed by atoms with E-state index in [9.17, 15) is 9.69 Å². The monoisotopic (exact) mass is 302 g/mol. The molecular formula is C14H23O5P. The number of rotatable bonds is 8. The minimum absolute atomic E-state index is 0.215. The first-order valence-corrected chi connectivity index (χ1v) is 8.58. The molecule has 0 amide bonds. The number of hydrogen-bond acceptors (Lipinski definition) is 5. The van der Waals surface area contributed by atoms with E-state index in [0.717, 1.165) is 18.4 Å². The molecule has 0 fully saturated rings. The van der Waals surface area contributed by atoms with Crippen LogP contribution in [-0.4, -0.2) is 25.8 Å². The molecule has 0 aromatic rings. The predicted octanol–water partition coefficient (Wildman–Crippen LogP) is 2.74. The lowest BCUT2D eigenvalue weighted by Gasteiger charge is -2.23. The van der Waals surface area contributed by atoms with Crippen molar-refractivity contribution in [2.24, 2.45) is 0 Å². The van der Waals surface area contributed by atoms with Gasteiger partial charge in [-0.05, 0) is 26.3 Å². The Balaban J connectivity index is 2.88. The molecule has 20 heavy (non-hydrogen) atoms. The van der Waals surface area contributed by atoms with Crippen molar-refractivity contribution in [2.45, 2.75) is 40.0 Å². The van der Waals surface area contributed by atoms with Gasteiger partial charge in [0.2, 0.25) is 0 Å². The first kappa shape index (κ1) is 17.3. The highest BCUT2D eigenvalue weighted by Crippen LogP contribution is 2.66. The van der Waals surface area contributed by atoms with Crippen LogP contribution < -0.4 is 4.89 Å². The Kier molecular flexibility index (Phi) is 7.38. The van der Waals surface area contributed by atoms with Gasteiger partial charge >= 0.3 is 5.97 Å². The van der Waals surface area contributed by atoms with Crippen LogP contribution in [0.4, 0.5) is 0 Å². The Labute approximate surface area is 121 Å². The van der Waals surface area contributed by atoms with Gasteiger partial charge in [0.1, 0.15) is 11.9 Å². The summed E-state index contributed by atoms with van der Waals surface area (Å²) in [6.07, 6.45) is 5.53. The molecule has 1 rings (SSSR count). The number of carbonyl (C=O) groups is 1. The quantitative estimate of drug-likeness (QED) is 0.392. The average molecular weight is 302 g/mol. The first-order valence-electron chi connectivity index (χ1n) is 7.03. The van der Waals surface area contributed by atoms with Crippen LogP contribution in [0.5, 0.6) is 0 Å².